The van der Waals surface area contributed by atoms with Crippen molar-refractivity contribution >= 4 is 57.6 Å². The third-order valence-electron chi connectivity index (χ3n) is 2.69. The zero-order valence-corrected chi connectivity index (χ0v) is 16.0. The molecule has 12 heteroatoms. The fraction of sp³-hybridized carbons (Fsp3) is 0.286. The number of anilines is 1. The van der Waals surface area contributed by atoms with Crippen molar-refractivity contribution in [1.82, 2.24) is 10.2 Å². The average molecular weight is 414 g/mol. The smallest absolute Gasteiger partial charge is 0.316 e. The summed E-state index contributed by atoms with van der Waals surface area (Å²) < 4.78 is 5.37. The average Bonchev–Trinajstić information content (AvgIpc) is 3.06. The molecule has 1 heterocycles. The highest BCUT2D eigenvalue weighted by atomic mass is 32.2. The van der Waals surface area contributed by atoms with Gasteiger partial charge in [-0.05, 0) is 19.1 Å². The van der Waals surface area contributed by atoms with Crippen LogP contribution in [-0.4, -0.2) is 45.1 Å². The van der Waals surface area contributed by atoms with Crippen molar-refractivity contribution in [2.45, 2.75) is 16.2 Å². The van der Waals surface area contributed by atoms with Crippen LogP contribution in [-0.2, 0) is 14.3 Å². The van der Waals surface area contributed by atoms with Crippen LogP contribution in [0.5, 0.6) is 0 Å². The van der Waals surface area contributed by atoms with E-state index in [2.05, 4.69) is 15.5 Å². The summed E-state index contributed by atoms with van der Waals surface area (Å²) in [6.07, 6.45) is 0. The predicted octanol–water partition coefficient (Wildman–Crippen LogP) is 2.83. The van der Waals surface area contributed by atoms with E-state index >= 15 is 0 Å². The molecule has 138 valence electrons. The van der Waals surface area contributed by atoms with E-state index in [0.29, 0.717) is 16.1 Å². The van der Waals surface area contributed by atoms with E-state index < -0.39 is 4.92 Å². The summed E-state index contributed by atoms with van der Waals surface area (Å²) in [6, 6.07) is 5.95. The van der Waals surface area contributed by atoms with Crippen LogP contribution in [0.25, 0.3) is 0 Å². The minimum atomic E-state index is -0.478. The first-order valence-electron chi connectivity index (χ1n) is 7.27. The lowest BCUT2D eigenvalue weighted by molar-refractivity contribution is -0.384. The molecule has 0 saturated carbocycles. The number of benzene rings is 1. The number of nitrogens with one attached hydrogen (secondary N) is 1. The molecule has 1 N–H and O–H groups in total. The monoisotopic (exact) mass is 414 g/mol. The summed E-state index contributed by atoms with van der Waals surface area (Å²) in [6.45, 7) is 2.05. The van der Waals surface area contributed by atoms with Crippen LogP contribution >= 0.6 is 34.9 Å². The minimum absolute atomic E-state index is 0.000471. The van der Waals surface area contributed by atoms with E-state index in [0.717, 1.165) is 16.2 Å². The molecular weight excluding hydrogens is 400 g/mol. The fourth-order valence-electron chi connectivity index (χ4n) is 1.61. The van der Waals surface area contributed by atoms with E-state index in [1.165, 1.54) is 35.7 Å². The maximum atomic E-state index is 11.9. The van der Waals surface area contributed by atoms with E-state index in [-0.39, 0.29) is 29.1 Å². The van der Waals surface area contributed by atoms with Gasteiger partial charge in [0, 0.05) is 17.0 Å². The van der Waals surface area contributed by atoms with Crippen molar-refractivity contribution < 1.29 is 19.2 Å². The van der Waals surface area contributed by atoms with Gasteiger partial charge in [0.05, 0.1) is 23.0 Å². The lowest BCUT2D eigenvalue weighted by Gasteiger charge is -2.01. The number of carbonyl (C=O) groups is 2. The molecule has 26 heavy (non-hydrogen) atoms. The van der Waals surface area contributed by atoms with Crippen molar-refractivity contribution in [3.05, 3.63) is 34.4 Å². The Kier molecular flexibility index (Phi) is 7.81. The number of carbonyl (C=O) groups excluding carboxylic acids is 2. The number of amides is 1. The Bertz CT molecular complexity index is 781. The number of rotatable bonds is 9. The molecule has 0 aliphatic heterocycles. The van der Waals surface area contributed by atoms with Crippen LogP contribution in [0.3, 0.4) is 0 Å². The lowest BCUT2D eigenvalue weighted by atomic mass is 10.3. The summed E-state index contributed by atoms with van der Waals surface area (Å²) in [5.74, 6) is -0.348. The van der Waals surface area contributed by atoms with Crippen LogP contribution in [0.4, 0.5) is 10.8 Å². The molecule has 2 aromatic rings. The number of nitro groups is 1. The summed E-state index contributed by atoms with van der Waals surface area (Å²) in [4.78, 5) is 34.1. The van der Waals surface area contributed by atoms with Gasteiger partial charge < -0.3 is 4.74 Å². The van der Waals surface area contributed by atoms with Crippen molar-refractivity contribution in [3.8, 4) is 0 Å². The minimum Gasteiger partial charge on any atom is -0.465 e. The Morgan fingerprint density at radius 3 is 2.62 bits per heavy atom. The quantitative estimate of drug-likeness (QED) is 0.217. The molecule has 1 amide bonds. The maximum Gasteiger partial charge on any atom is 0.316 e. The molecule has 0 spiro atoms. The molecule has 0 radical (unpaired) electrons. The molecule has 0 aliphatic rings. The predicted molar refractivity (Wildman–Crippen MR) is 99.7 cm³/mol. The Labute approximate surface area is 161 Å². The van der Waals surface area contributed by atoms with Gasteiger partial charge in [0.25, 0.3) is 5.69 Å². The van der Waals surface area contributed by atoms with Gasteiger partial charge in [-0.25, -0.2) is 0 Å². The molecule has 9 nitrogen and oxygen atoms in total. The van der Waals surface area contributed by atoms with Gasteiger partial charge in [0.2, 0.25) is 11.0 Å². The second-order valence-corrected chi connectivity index (χ2v) is 7.80. The molecule has 0 fully saturated rings. The third-order valence-corrected chi connectivity index (χ3v) is 5.65. The van der Waals surface area contributed by atoms with Crippen molar-refractivity contribution in [1.29, 1.82) is 0 Å². The normalized spacial score (nSPS) is 10.3. The number of esters is 1. The van der Waals surface area contributed by atoms with Gasteiger partial charge in [-0.1, -0.05) is 23.1 Å². The molecule has 1 aromatic heterocycles. The first kappa shape index (κ1) is 20.1. The number of nitrogens with zero attached hydrogens (tertiary/aromatic N) is 3. The van der Waals surface area contributed by atoms with E-state index in [9.17, 15) is 19.7 Å². The van der Waals surface area contributed by atoms with Gasteiger partial charge >= 0.3 is 5.97 Å². The second kappa shape index (κ2) is 10.1. The van der Waals surface area contributed by atoms with Crippen LogP contribution < -0.4 is 5.32 Å². The van der Waals surface area contributed by atoms with Gasteiger partial charge in [0.1, 0.15) is 0 Å². The largest absolute Gasteiger partial charge is 0.465 e. The number of non-ortho nitro benzene ring substituents is 1. The van der Waals surface area contributed by atoms with Crippen molar-refractivity contribution in [3.63, 3.8) is 0 Å². The number of thioether (sulfide) groups is 2. The number of hydrogen-bond donors (Lipinski definition) is 1. The third kappa shape index (κ3) is 6.61. The highest BCUT2D eigenvalue weighted by Gasteiger charge is 2.11. The van der Waals surface area contributed by atoms with Crippen LogP contribution in [0.1, 0.15) is 6.92 Å². The number of hydrogen-bond acceptors (Lipinski definition) is 10. The first-order valence-corrected chi connectivity index (χ1v) is 10.1. The molecular formula is C14H14N4O5S3. The zero-order valence-electron chi connectivity index (χ0n) is 13.5. The number of aromatic nitrogens is 2. The van der Waals surface area contributed by atoms with Crippen molar-refractivity contribution in [2.24, 2.45) is 0 Å². The summed E-state index contributed by atoms with van der Waals surface area (Å²) in [7, 11) is 0. The summed E-state index contributed by atoms with van der Waals surface area (Å²) >= 11 is 3.60. The maximum absolute atomic E-state index is 11.9. The Morgan fingerprint density at radius 2 is 1.96 bits per heavy atom. The summed E-state index contributed by atoms with van der Waals surface area (Å²) in [5.41, 5.74) is 0.000471. The van der Waals surface area contributed by atoms with E-state index in [1.807, 2.05) is 0 Å². The standard InChI is InChI=1S/C14H14N4O5S3/c1-2-23-12(20)8-25-14-17-16-13(26-14)15-11(19)7-24-10-5-3-9(4-6-10)18(21)22/h3-6H,2,7-8H2,1H3,(H,15,16,19). The Hall–Kier alpha value is -2.18. The highest BCUT2D eigenvalue weighted by molar-refractivity contribution is 8.01. The fourth-order valence-corrected chi connectivity index (χ4v) is 3.87. The highest BCUT2D eigenvalue weighted by Crippen LogP contribution is 2.26. The van der Waals surface area contributed by atoms with E-state index in [1.54, 1.807) is 19.1 Å². The molecule has 1 aromatic carbocycles. The summed E-state index contributed by atoms with van der Waals surface area (Å²) in [5, 5.41) is 21.3. The lowest BCUT2D eigenvalue weighted by Crippen LogP contribution is -2.13. The molecule has 2 rings (SSSR count). The molecule has 0 aliphatic carbocycles. The SMILES string of the molecule is CCOC(=O)CSc1nnc(NC(=O)CSc2ccc([N+](=O)[O-])cc2)s1. The second-order valence-electron chi connectivity index (χ2n) is 4.55. The first-order chi connectivity index (χ1) is 12.5. The van der Waals surface area contributed by atoms with Crippen LogP contribution in [0.2, 0.25) is 0 Å². The van der Waals surface area contributed by atoms with Crippen LogP contribution in [0.15, 0.2) is 33.5 Å². The van der Waals surface area contributed by atoms with Crippen molar-refractivity contribution in [2.75, 3.05) is 23.4 Å². The molecule has 0 unspecified atom stereocenters. The zero-order chi connectivity index (χ0) is 18.9. The van der Waals surface area contributed by atoms with Gasteiger partial charge in [-0.3, -0.25) is 25.0 Å². The number of nitro benzene ring substituents is 1. The number of ether oxygens (including phenoxy) is 1. The topological polar surface area (TPSA) is 124 Å². The molecule has 0 bridgehead atoms. The van der Waals surface area contributed by atoms with Gasteiger partial charge in [-0.15, -0.1) is 22.0 Å². The molecule has 0 saturated heterocycles. The molecule has 0 atom stereocenters. The Balaban J connectivity index is 1.77. The van der Waals surface area contributed by atoms with Crippen LogP contribution in [0, 0.1) is 10.1 Å². The van der Waals surface area contributed by atoms with Gasteiger partial charge in [0.15, 0.2) is 4.34 Å². The van der Waals surface area contributed by atoms with Gasteiger partial charge in [-0.2, -0.15) is 0 Å². The Morgan fingerprint density at radius 1 is 1.23 bits per heavy atom. The van der Waals surface area contributed by atoms with E-state index in [4.69, 9.17) is 4.74 Å².